The van der Waals surface area contributed by atoms with Gasteiger partial charge in [0.25, 0.3) is 23.6 Å². The van der Waals surface area contributed by atoms with Crippen LogP contribution >= 0.6 is 0 Å². The van der Waals surface area contributed by atoms with Crippen LogP contribution in [0.4, 0.5) is 40.9 Å². The summed E-state index contributed by atoms with van der Waals surface area (Å²) < 4.78 is 69.4. The zero-order valence-electron chi connectivity index (χ0n) is 62.4. The number of amides is 6. The Kier molecular flexibility index (Phi) is 26.5. The Morgan fingerprint density at radius 2 is 0.781 bits per heavy atom. The summed E-state index contributed by atoms with van der Waals surface area (Å²) >= 11 is 0. The molecule has 1 saturated heterocycles. The van der Waals surface area contributed by atoms with Crippen molar-refractivity contribution in [3.05, 3.63) is 234 Å². The highest BCUT2D eigenvalue weighted by Gasteiger charge is 2.25. The fourth-order valence-electron chi connectivity index (χ4n) is 10.4. The summed E-state index contributed by atoms with van der Waals surface area (Å²) in [5.74, 6) is 0.945. The minimum atomic E-state index is -3.53. The van der Waals surface area contributed by atoms with E-state index in [0.717, 1.165) is 31.0 Å². The second kappa shape index (κ2) is 36.6. The lowest BCUT2D eigenvalue weighted by atomic mass is 10.1. The number of nitrogens with two attached hydrogens (primary N) is 1. The monoisotopic (exact) mass is 1600 g/mol. The van der Waals surface area contributed by atoms with Gasteiger partial charge in [-0.1, -0.05) is 36.4 Å². The number of hydrogen-bond acceptors (Lipinski definition) is 30. The van der Waals surface area contributed by atoms with Gasteiger partial charge >= 0.3 is 0 Å². The zero-order chi connectivity index (χ0) is 82.0. The Balaban J connectivity index is 0.000000161. The molecule has 0 aliphatic carbocycles. The van der Waals surface area contributed by atoms with Crippen LogP contribution in [-0.2, 0) is 44.9 Å². The number of rotatable bonds is 18. The Bertz CT molecular complexity index is 5940. The molecule has 114 heavy (non-hydrogen) atoms. The van der Waals surface area contributed by atoms with Crippen LogP contribution in [0, 0.1) is 27.7 Å². The summed E-state index contributed by atoms with van der Waals surface area (Å²) in [4.78, 5) is 145. The first-order valence-corrected chi connectivity index (χ1v) is 39.9. The normalized spacial score (nSPS) is 12.0. The standard InChI is InChI=1S/C21H21N7O2.C19H18N6O4S.C18H17N5O3S.C17H16N6O3S/c1-14-23-19(17-5-3-4-10-22-17)25-21(24-14)26-20(30)15-6-8-16(9-7-15)28-12-11-27(2)13-18(28)29;1-11-21-17(15-6-4-5-9-20-15)24-19(22-11)25-18(27)14-8-7-13(30(3,28)29)10-16(14)23-12(2)26;1-12-20-16(15-5-3-4-10-19-15)22-18(21-12)23-17(24)14-8-6-13(7-9-14)11-27(2,25)26;1-10-20-15(14-5-3-4-8-19-14)22-17(21-10)23-16(24)12-7-6-11(9-13(12)18)27(2,25)26/h3-10H,11-13H2,1-2H3,(H,23,24,25,26,30);4-10H,1-3H3,(H,23,26)(H,21,22,24,25,27);3-10H,11H2,1-2H3,(H,20,21,22,23,24);3-9H,18H2,1-2H3,(H,20,21,22,23,24). The summed E-state index contributed by atoms with van der Waals surface area (Å²) in [6.07, 6.45) is 9.74. The van der Waals surface area contributed by atoms with Crippen LogP contribution in [0.25, 0.3) is 46.1 Å². The van der Waals surface area contributed by atoms with E-state index < -0.39 is 53.1 Å². The Labute approximate surface area is 653 Å². The molecule has 7 N–H and O–H groups in total. The smallest absolute Gasteiger partial charge is 0.260 e. The number of aromatic nitrogens is 16. The van der Waals surface area contributed by atoms with Crippen LogP contribution in [0.3, 0.4) is 0 Å². The molecular formula is C75H72N24O12S3. The van der Waals surface area contributed by atoms with Crippen molar-refractivity contribution in [3.8, 4) is 46.1 Å². The molecule has 0 unspecified atom stereocenters. The van der Waals surface area contributed by atoms with E-state index in [2.05, 4.69) is 106 Å². The second-order valence-electron chi connectivity index (χ2n) is 25.1. The first kappa shape index (κ1) is 82.4. The largest absolute Gasteiger partial charge is 0.398 e. The lowest BCUT2D eigenvalue weighted by molar-refractivity contribution is -0.120. The fraction of sp³-hybridized carbons (Fsp3) is 0.173. The van der Waals surface area contributed by atoms with Gasteiger partial charge in [0.15, 0.2) is 52.8 Å². The average molecular weight is 1600 g/mol. The molecule has 36 nitrogen and oxygen atoms in total. The number of pyridine rings is 4. The first-order valence-electron chi connectivity index (χ1n) is 34.1. The van der Waals surface area contributed by atoms with Gasteiger partial charge in [0, 0.05) is 86.1 Å². The number of likely N-dealkylation sites (N-methyl/N-ethyl adjacent to an activating group) is 1. The number of aryl methyl sites for hydroxylation is 4. The molecule has 4 aromatic carbocycles. The number of nitrogens with zero attached hydrogens (tertiary/aromatic N) is 18. The van der Waals surface area contributed by atoms with E-state index in [4.69, 9.17) is 5.73 Å². The third-order valence-electron chi connectivity index (χ3n) is 15.6. The molecule has 1 fully saturated rings. The molecule has 6 amide bonds. The third kappa shape index (κ3) is 23.5. The molecule has 0 saturated carbocycles. The van der Waals surface area contributed by atoms with Crippen molar-refractivity contribution in [2.24, 2.45) is 0 Å². The summed E-state index contributed by atoms with van der Waals surface area (Å²) in [6, 6.07) is 42.3. The molecule has 9 heterocycles. The molecule has 0 bridgehead atoms. The maximum atomic E-state index is 12.8. The van der Waals surface area contributed by atoms with Gasteiger partial charge in [-0.15, -0.1) is 0 Å². The van der Waals surface area contributed by atoms with Crippen molar-refractivity contribution in [2.75, 3.05) is 82.7 Å². The Hall–Kier alpha value is -14.1. The lowest BCUT2D eigenvalue weighted by Gasteiger charge is -2.32. The highest BCUT2D eigenvalue weighted by atomic mass is 32.2. The second-order valence-corrected chi connectivity index (χ2v) is 31.2. The van der Waals surface area contributed by atoms with Gasteiger partial charge in [0.1, 0.15) is 46.1 Å². The fourth-order valence-corrected chi connectivity index (χ4v) is 12.5. The van der Waals surface area contributed by atoms with E-state index >= 15 is 0 Å². The Morgan fingerprint density at radius 1 is 0.421 bits per heavy atom. The predicted molar refractivity (Wildman–Crippen MR) is 422 cm³/mol. The van der Waals surface area contributed by atoms with Crippen LogP contribution in [0.5, 0.6) is 0 Å². The van der Waals surface area contributed by atoms with E-state index in [9.17, 15) is 54.0 Å². The number of nitrogens with one attached hydrogen (secondary N) is 5. The van der Waals surface area contributed by atoms with E-state index in [0.29, 0.717) is 93.3 Å². The molecular weight excluding hydrogens is 1530 g/mol. The zero-order valence-corrected chi connectivity index (χ0v) is 64.8. The summed E-state index contributed by atoms with van der Waals surface area (Å²) in [7, 11) is -8.15. The molecule has 12 aromatic rings. The van der Waals surface area contributed by atoms with Crippen molar-refractivity contribution in [3.63, 3.8) is 0 Å². The molecule has 13 rings (SSSR count). The highest BCUT2D eigenvalue weighted by molar-refractivity contribution is 7.91. The predicted octanol–water partition coefficient (Wildman–Crippen LogP) is 7.15. The molecule has 8 aromatic heterocycles. The van der Waals surface area contributed by atoms with Crippen LogP contribution in [0.1, 0.15) is 77.2 Å². The van der Waals surface area contributed by atoms with Crippen molar-refractivity contribution in [1.29, 1.82) is 0 Å². The molecule has 582 valence electrons. The third-order valence-corrected chi connectivity index (χ3v) is 18.7. The Morgan fingerprint density at radius 3 is 1.12 bits per heavy atom. The maximum Gasteiger partial charge on any atom is 0.260 e. The van der Waals surface area contributed by atoms with Crippen molar-refractivity contribution >= 4 is 106 Å². The molecule has 0 radical (unpaired) electrons. The number of piperazine rings is 1. The topological polar surface area (TPSA) is 504 Å². The van der Waals surface area contributed by atoms with Gasteiger partial charge in [0.2, 0.25) is 35.6 Å². The lowest BCUT2D eigenvalue weighted by Crippen LogP contribution is -2.48. The van der Waals surface area contributed by atoms with Gasteiger partial charge in [-0.05, 0) is 162 Å². The molecule has 1 aliphatic heterocycles. The summed E-state index contributed by atoms with van der Waals surface area (Å²) in [6.45, 7) is 9.82. The van der Waals surface area contributed by atoms with Crippen LogP contribution in [0.2, 0.25) is 0 Å². The van der Waals surface area contributed by atoms with Crippen molar-refractivity contribution < 1.29 is 54.0 Å². The number of benzene rings is 4. The number of carbonyl (C=O) groups is 6. The number of hydrogen-bond donors (Lipinski definition) is 6. The van der Waals surface area contributed by atoms with Gasteiger partial charge in [0.05, 0.1) is 38.9 Å². The molecule has 1 aliphatic rings. The summed E-state index contributed by atoms with van der Waals surface area (Å²) in [5, 5.41) is 12.9. The minimum Gasteiger partial charge on any atom is -0.398 e. The van der Waals surface area contributed by atoms with Gasteiger partial charge in [-0.2, -0.15) is 39.9 Å². The van der Waals surface area contributed by atoms with Crippen molar-refractivity contribution in [2.45, 2.75) is 50.2 Å². The quantitative estimate of drug-likeness (QED) is 0.0464. The average Bonchev–Trinajstić information content (AvgIpc) is 0.665. The van der Waals surface area contributed by atoms with E-state index in [1.165, 1.54) is 43.3 Å². The minimum absolute atomic E-state index is 0.00545. The van der Waals surface area contributed by atoms with Gasteiger partial charge in [-0.25, -0.2) is 45.2 Å². The van der Waals surface area contributed by atoms with E-state index in [-0.39, 0.29) is 79.5 Å². The van der Waals surface area contributed by atoms with E-state index in [1.807, 2.05) is 24.1 Å². The number of nitrogen functional groups attached to an aromatic ring is 1. The number of carbonyl (C=O) groups excluding carboxylic acids is 6. The maximum absolute atomic E-state index is 12.8. The van der Waals surface area contributed by atoms with Crippen LogP contribution < -0.4 is 37.2 Å². The number of sulfone groups is 3. The van der Waals surface area contributed by atoms with Gasteiger partial charge < -0.3 is 16.0 Å². The molecule has 0 atom stereocenters. The van der Waals surface area contributed by atoms with E-state index in [1.54, 1.807) is 167 Å². The molecule has 39 heteroatoms. The SMILES string of the molecule is CC(=O)Nc1cc(S(C)(=O)=O)ccc1C(=O)Nc1nc(C)nc(-c2ccccn2)n1.Cc1nc(NC(=O)c2ccc(CS(C)(=O)=O)cc2)nc(-c2ccccn2)n1.Cc1nc(NC(=O)c2ccc(N3CCN(C)CC3=O)cc2)nc(-c2ccccn2)n1.Cc1nc(NC(=O)c2ccc(S(C)(=O)=O)cc2N)nc(-c2ccccn2)n1. The summed E-state index contributed by atoms with van der Waals surface area (Å²) in [5.41, 5.74) is 10.5. The van der Waals surface area contributed by atoms with Crippen molar-refractivity contribution in [1.82, 2.24) is 84.6 Å². The van der Waals surface area contributed by atoms with Crippen LogP contribution in [-0.4, -0.2) is 191 Å². The molecule has 0 spiro atoms. The highest BCUT2D eigenvalue weighted by Crippen LogP contribution is 2.26. The van der Waals surface area contributed by atoms with Crippen LogP contribution in [0.15, 0.2) is 192 Å². The van der Waals surface area contributed by atoms with Gasteiger partial charge in [-0.3, -0.25) is 74.9 Å². The first-order chi connectivity index (χ1) is 54.2. The number of anilines is 7.